The van der Waals surface area contributed by atoms with Crippen LogP contribution in [0.5, 0.6) is 0 Å². The number of amides is 1. The minimum absolute atomic E-state index is 0.00238. The SMILES string of the molecule is Nc1n[nH]c(C(=O)NC2CCCC(O)C2)n1. The van der Waals surface area contributed by atoms with Crippen LogP contribution in [-0.2, 0) is 0 Å². The van der Waals surface area contributed by atoms with Gasteiger partial charge in [0, 0.05) is 6.04 Å². The maximum atomic E-state index is 11.7. The number of nitrogens with two attached hydrogens (primary N) is 1. The minimum Gasteiger partial charge on any atom is -0.393 e. The van der Waals surface area contributed by atoms with E-state index in [1.54, 1.807) is 0 Å². The van der Waals surface area contributed by atoms with E-state index >= 15 is 0 Å². The minimum atomic E-state index is -0.330. The van der Waals surface area contributed by atoms with Gasteiger partial charge in [-0.25, -0.2) is 0 Å². The summed E-state index contributed by atoms with van der Waals surface area (Å²) in [5, 5.41) is 18.3. The zero-order valence-corrected chi connectivity index (χ0v) is 8.81. The van der Waals surface area contributed by atoms with Crippen molar-refractivity contribution in [2.24, 2.45) is 0 Å². The van der Waals surface area contributed by atoms with Gasteiger partial charge in [-0.1, -0.05) is 0 Å². The molecule has 0 aromatic carbocycles. The average Bonchev–Trinajstić information content (AvgIpc) is 2.65. The van der Waals surface area contributed by atoms with E-state index in [0.717, 1.165) is 19.3 Å². The number of aromatic nitrogens is 3. The number of aromatic amines is 1. The van der Waals surface area contributed by atoms with Crippen LogP contribution in [0.15, 0.2) is 0 Å². The molecule has 2 atom stereocenters. The van der Waals surface area contributed by atoms with Crippen molar-refractivity contribution in [2.75, 3.05) is 5.73 Å². The van der Waals surface area contributed by atoms with Crippen LogP contribution in [0.1, 0.15) is 36.3 Å². The highest BCUT2D eigenvalue weighted by Gasteiger charge is 2.23. The van der Waals surface area contributed by atoms with Crippen LogP contribution < -0.4 is 11.1 Å². The summed E-state index contributed by atoms with van der Waals surface area (Å²) < 4.78 is 0. The Hall–Kier alpha value is -1.63. The largest absolute Gasteiger partial charge is 0.393 e. The number of hydrogen-bond acceptors (Lipinski definition) is 5. The third-order valence-corrected chi connectivity index (χ3v) is 2.70. The molecule has 88 valence electrons. The van der Waals surface area contributed by atoms with Gasteiger partial charge in [-0.05, 0) is 25.7 Å². The second-order valence-corrected chi connectivity index (χ2v) is 4.03. The number of H-pyrrole nitrogens is 1. The summed E-state index contributed by atoms with van der Waals surface area (Å²) in [5.74, 6) is -0.172. The van der Waals surface area contributed by atoms with Gasteiger partial charge < -0.3 is 16.2 Å². The number of aliphatic hydroxyl groups excluding tert-OH is 1. The fourth-order valence-corrected chi connectivity index (χ4v) is 1.93. The monoisotopic (exact) mass is 225 g/mol. The molecule has 0 aliphatic heterocycles. The molecule has 7 heteroatoms. The quantitative estimate of drug-likeness (QED) is 0.537. The summed E-state index contributed by atoms with van der Waals surface area (Å²) in [6, 6.07) is 0.00238. The lowest BCUT2D eigenvalue weighted by Gasteiger charge is -2.26. The van der Waals surface area contributed by atoms with Crippen LogP contribution >= 0.6 is 0 Å². The summed E-state index contributed by atoms with van der Waals surface area (Å²) >= 11 is 0. The zero-order chi connectivity index (χ0) is 11.5. The van der Waals surface area contributed by atoms with Crippen LogP contribution in [0.25, 0.3) is 0 Å². The van der Waals surface area contributed by atoms with Crippen molar-refractivity contribution >= 4 is 11.9 Å². The number of carbonyl (C=O) groups is 1. The first-order valence-electron chi connectivity index (χ1n) is 5.32. The molecule has 0 radical (unpaired) electrons. The summed E-state index contributed by atoms with van der Waals surface area (Å²) in [6.07, 6.45) is 2.88. The molecule has 2 unspecified atom stereocenters. The molecule has 1 amide bonds. The molecule has 1 heterocycles. The zero-order valence-electron chi connectivity index (χ0n) is 8.81. The molecule has 0 saturated heterocycles. The fraction of sp³-hybridized carbons (Fsp3) is 0.667. The molecule has 7 nitrogen and oxygen atoms in total. The smallest absolute Gasteiger partial charge is 0.288 e. The molecule has 1 aliphatic rings. The highest BCUT2D eigenvalue weighted by Crippen LogP contribution is 2.18. The molecule has 2 rings (SSSR count). The van der Waals surface area contributed by atoms with Gasteiger partial charge in [0.1, 0.15) is 0 Å². The molecule has 5 N–H and O–H groups in total. The van der Waals surface area contributed by atoms with Crippen LogP contribution in [0.3, 0.4) is 0 Å². The van der Waals surface area contributed by atoms with Gasteiger partial charge in [-0.2, -0.15) is 4.98 Å². The van der Waals surface area contributed by atoms with Crippen LogP contribution in [0.2, 0.25) is 0 Å². The van der Waals surface area contributed by atoms with Gasteiger partial charge in [0.2, 0.25) is 11.8 Å². The maximum absolute atomic E-state index is 11.7. The standard InChI is InChI=1S/C9H15N5O2/c10-9-12-7(13-14-9)8(16)11-5-2-1-3-6(15)4-5/h5-6,15H,1-4H2,(H,11,16)(H3,10,12,13,14). The van der Waals surface area contributed by atoms with E-state index in [2.05, 4.69) is 20.5 Å². The topological polar surface area (TPSA) is 117 Å². The first-order valence-corrected chi connectivity index (χ1v) is 5.32. The van der Waals surface area contributed by atoms with E-state index < -0.39 is 0 Å². The van der Waals surface area contributed by atoms with Crippen molar-refractivity contribution in [3.63, 3.8) is 0 Å². The van der Waals surface area contributed by atoms with Crippen LogP contribution in [0, 0.1) is 0 Å². The first kappa shape index (κ1) is 10.9. The Morgan fingerprint density at radius 3 is 3.00 bits per heavy atom. The second kappa shape index (κ2) is 4.48. The number of nitrogen functional groups attached to an aromatic ring is 1. The van der Waals surface area contributed by atoms with Gasteiger partial charge in [0.25, 0.3) is 5.91 Å². The third-order valence-electron chi connectivity index (χ3n) is 2.70. The Balaban J connectivity index is 1.92. The molecule has 1 aromatic rings. The number of nitrogens with zero attached hydrogens (tertiary/aromatic N) is 2. The van der Waals surface area contributed by atoms with E-state index in [4.69, 9.17) is 5.73 Å². The first-order chi connectivity index (χ1) is 7.65. The van der Waals surface area contributed by atoms with E-state index in [1.165, 1.54) is 0 Å². The Bertz CT molecular complexity index is 378. The summed E-state index contributed by atoms with van der Waals surface area (Å²) in [7, 11) is 0. The number of aliphatic hydroxyl groups is 1. The third kappa shape index (κ3) is 2.48. The van der Waals surface area contributed by atoms with E-state index in [1.807, 2.05) is 0 Å². The summed E-state index contributed by atoms with van der Waals surface area (Å²) in [5.41, 5.74) is 5.30. The summed E-state index contributed by atoms with van der Waals surface area (Å²) in [4.78, 5) is 15.4. The molecule has 1 saturated carbocycles. The van der Waals surface area contributed by atoms with Gasteiger partial charge in [0.05, 0.1) is 6.10 Å². The number of anilines is 1. The van der Waals surface area contributed by atoms with Gasteiger partial charge in [-0.15, -0.1) is 5.10 Å². The molecule has 0 bridgehead atoms. The molecular weight excluding hydrogens is 210 g/mol. The molecular formula is C9H15N5O2. The van der Waals surface area contributed by atoms with Crippen molar-refractivity contribution in [1.82, 2.24) is 20.5 Å². The van der Waals surface area contributed by atoms with Crippen molar-refractivity contribution in [3.05, 3.63) is 5.82 Å². The van der Waals surface area contributed by atoms with Crippen molar-refractivity contribution in [3.8, 4) is 0 Å². The van der Waals surface area contributed by atoms with Crippen molar-refractivity contribution < 1.29 is 9.90 Å². The van der Waals surface area contributed by atoms with E-state index in [9.17, 15) is 9.90 Å². The lowest BCUT2D eigenvalue weighted by Crippen LogP contribution is -2.40. The van der Waals surface area contributed by atoms with E-state index in [-0.39, 0.29) is 29.8 Å². The molecule has 0 spiro atoms. The second-order valence-electron chi connectivity index (χ2n) is 4.03. The Morgan fingerprint density at radius 1 is 1.56 bits per heavy atom. The molecule has 1 fully saturated rings. The number of rotatable bonds is 2. The highest BCUT2D eigenvalue weighted by molar-refractivity contribution is 5.90. The van der Waals surface area contributed by atoms with Crippen LogP contribution in [0.4, 0.5) is 5.95 Å². The maximum Gasteiger partial charge on any atom is 0.288 e. The van der Waals surface area contributed by atoms with Crippen LogP contribution in [-0.4, -0.2) is 38.3 Å². The molecule has 1 aliphatic carbocycles. The van der Waals surface area contributed by atoms with Crippen molar-refractivity contribution in [1.29, 1.82) is 0 Å². The van der Waals surface area contributed by atoms with Gasteiger partial charge in [-0.3, -0.25) is 9.89 Å². The molecule has 1 aromatic heterocycles. The number of hydrogen-bond donors (Lipinski definition) is 4. The number of nitrogens with one attached hydrogen (secondary N) is 2. The lowest BCUT2D eigenvalue weighted by atomic mass is 9.93. The normalized spacial score (nSPS) is 25.3. The highest BCUT2D eigenvalue weighted by atomic mass is 16.3. The lowest BCUT2D eigenvalue weighted by molar-refractivity contribution is 0.0841. The van der Waals surface area contributed by atoms with Gasteiger partial charge in [0.15, 0.2) is 0 Å². The molecule has 16 heavy (non-hydrogen) atoms. The summed E-state index contributed by atoms with van der Waals surface area (Å²) in [6.45, 7) is 0. The average molecular weight is 225 g/mol. The Kier molecular flexibility index (Phi) is 3.04. The Morgan fingerprint density at radius 2 is 2.38 bits per heavy atom. The van der Waals surface area contributed by atoms with Crippen molar-refractivity contribution in [2.45, 2.75) is 37.8 Å². The Labute approximate surface area is 92.4 Å². The van der Waals surface area contributed by atoms with Gasteiger partial charge >= 0.3 is 0 Å². The predicted octanol–water partition coefficient (Wildman–Crippen LogP) is -0.580. The van der Waals surface area contributed by atoms with E-state index in [0.29, 0.717) is 6.42 Å². The predicted molar refractivity (Wildman–Crippen MR) is 56.5 cm³/mol. The number of carbonyl (C=O) groups excluding carboxylic acids is 1. The fourth-order valence-electron chi connectivity index (χ4n) is 1.93.